The number of fused-ring (bicyclic) bond motifs is 1. The predicted molar refractivity (Wildman–Crippen MR) is 125 cm³/mol. The van der Waals surface area contributed by atoms with Crippen molar-refractivity contribution in [3.63, 3.8) is 0 Å². The van der Waals surface area contributed by atoms with Gasteiger partial charge in [-0.2, -0.15) is 0 Å². The molecule has 5 nitrogen and oxygen atoms in total. The number of carbonyl (C=O) groups excluding carboxylic acids is 1. The first kappa shape index (κ1) is 20.7. The van der Waals surface area contributed by atoms with Crippen LogP contribution in [0.15, 0.2) is 88.7 Å². The molecule has 32 heavy (non-hydrogen) atoms. The number of carbonyl (C=O) groups is 1. The summed E-state index contributed by atoms with van der Waals surface area (Å²) in [5.74, 6) is -0.395. The fourth-order valence-corrected chi connectivity index (χ4v) is 5.89. The Balaban J connectivity index is 1.20. The number of amides is 1. The van der Waals surface area contributed by atoms with Crippen LogP contribution in [0.25, 0.3) is 17.2 Å². The third kappa shape index (κ3) is 3.87. The highest BCUT2D eigenvalue weighted by Crippen LogP contribution is 2.33. The molecule has 2 aliphatic heterocycles. The van der Waals surface area contributed by atoms with Crippen LogP contribution in [0.2, 0.25) is 0 Å². The Hall–Kier alpha value is -3.22. The van der Waals surface area contributed by atoms with Crippen molar-refractivity contribution in [2.75, 3.05) is 26.2 Å². The largest absolute Gasteiger partial charge is 0.335 e. The lowest BCUT2D eigenvalue weighted by molar-refractivity contribution is -0.128. The Kier molecular flexibility index (Phi) is 5.41. The van der Waals surface area contributed by atoms with Crippen LogP contribution >= 0.6 is 0 Å². The van der Waals surface area contributed by atoms with Gasteiger partial charge < -0.3 is 4.90 Å². The van der Waals surface area contributed by atoms with E-state index in [4.69, 9.17) is 0 Å². The molecule has 2 heterocycles. The number of hydrogen-bond acceptors (Lipinski definition) is 4. The monoisotopic (exact) mass is 444 g/mol. The van der Waals surface area contributed by atoms with Crippen molar-refractivity contribution in [3.8, 4) is 11.1 Å². The zero-order chi connectivity index (χ0) is 22.1. The smallest absolute Gasteiger partial charge is 0.265 e. The summed E-state index contributed by atoms with van der Waals surface area (Å²) in [6, 6.07) is 25.6. The maximum atomic E-state index is 13.0. The van der Waals surface area contributed by atoms with Gasteiger partial charge in [-0.05, 0) is 34.4 Å². The average Bonchev–Trinajstić information content (AvgIpc) is 3.11. The van der Waals surface area contributed by atoms with Crippen LogP contribution in [-0.2, 0) is 21.2 Å². The van der Waals surface area contributed by atoms with E-state index in [0.29, 0.717) is 31.7 Å². The lowest BCUT2D eigenvalue weighted by Crippen LogP contribution is -2.49. The molecule has 1 fully saturated rings. The standard InChI is InChI=1S/C26H24N2O3S/c29-26(25-18-23-8-4-5-9-24(23)32(25,30)31)28-16-14-27(15-17-28)19-20-10-12-22(13-11-20)21-6-2-1-3-7-21/h1-13,18H,14-17,19H2. The molecule has 1 amide bonds. The van der Waals surface area contributed by atoms with E-state index in [1.54, 1.807) is 29.2 Å². The van der Waals surface area contributed by atoms with E-state index in [1.807, 2.05) is 18.2 Å². The fourth-order valence-electron chi connectivity index (χ4n) is 4.31. The minimum atomic E-state index is -3.73. The molecule has 0 atom stereocenters. The Morgan fingerprint density at radius 1 is 0.750 bits per heavy atom. The van der Waals surface area contributed by atoms with Gasteiger partial charge >= 0.3 is 0 Å². The summed E-state index contributed by atoms with van der Waals surface area (Å²) in [5.41, 5.74) is 4.20. The minimum Gasteiger partial charge on any atom is -0.335 e. The normalized spacial score (nSPS) is 17.6. The summed E-state index contributed by atoms with van der Waals surface area (Å²) in [6.07, 6.45) is 1.51. The Labute approximate surface area is 188 Å². The number of hydrogen-bond donors (Lipinski definition) is 0. The summed E-state index contributed by atoms with van der Waals surface area (Å²) in [5, 5.41) is 0. The van der Waals surface area contributed by atoms with E-state index >= 15 is 0 Å². The average molecular weight is 445 g/mol. The topological polar surface area (TPSA) is 57.7 Å². The van der Waals surface area contributed by atoms with Crippen LogP contribution in [0.3, 0.4) is 0 Å². The number of sulfone groups is 1. The van der Waals surface area contributed by atoms with E-state index < -0.39 is 15.7 Å². The van der Waals surface area contributed by atoms with Crippen molar-refractivity contribution in [3.05, 3.63) is 94.9 Å². The summed E-state index contributed by atoms with van der Waals surface area (Å²) in [4.78, 5) is 17.1. The first-order valence-corrected chi connectivity index (χ1v) is 12.2. The lowest BCUT2D eigenvalue weighted by atomic mass is 10.0. The molecule has 6 heteroatoms. The molecule has 0 radical (unpaired) electrons. The van der Waals surface area contributed by atoms with Gasteiger partial charge in [-0.25, -0.2) is 8.42 Å². The van der Waals surface area contributed by atoms with E-state index in [1.165, 1.54) is 22.8 Å². The number of benzene rings is 3. The summed E-state index contributed by atoms with van der Waals surface area (Å²) >= 11 is 0. The molecule has 162 valence electrons. The molecule has 1 saturated heterocycles. The molecule has 0 N–H and O–H groups in total. The number of rotatable bonds is 4. The van der Waals surface area contributed by atoms with Gasteiger partial charge in [0.1, 0.15) is 4.91 Å². The lowest BCUT2D eigenvalue weighted by Gasteiger charge is -2.34. The summed E-state index contributed by atoms with van der Waals surface area (Å²) in [6.45, 7) is 3.27. The van der Waals surface area contributed by atoms with Gasteiger partial charge in [-0.3, -0.25) is 9.69 Å². The van der Waals surface area contributed by atoms with Gasteiger partial charge in [0.2, 0.25) is 9.84 Å². The van der Waals surface area contributed by atoms with E-state index in [9.17, 15) is 13.2 Å². The van der Waals surface area contributed by atoms with E-state index in [0.717, 1.165) is 6.54 Å². The molecule has 0 bridgehead atoms. The first-order chi connectivity index (χ1) is 15.5. The van der Waals surface area contributed by atoms with Crippen LogP contribution in [0.1, 0.15) is 11.1 Å². The van der Waals surface area contributed by atoms with Crippen molar-refractivity contribution >= 4 is 21.8 Å². The molecular formula is C26H24N2O3S. The number of piperazine rings is 1. The molecular weight excluding hydrogens is 420 g/mol. The molecule has 0 aliphatic carbocycles. The minimum absolute atomic E-state index is 0.108. The van der Waals surface area contributed by atoms with Crippen molar-refractivity contribution < 1.29 is 13.2 Å². The van der Waals surface area contributed by atoms with Gasteiger partial charge in [-0.15, -0.1) is 0 Å². The first-order valence-electron chi connectivity index (χ1n) is 10.7. The molecule has 3 aromatic rings. The number of nitrogens with zero attached hydrogens (tertiary/aromatic N) is 2. The van der Waals surface area contributed by atoms with Gasteiger partial charge in [0.25, 0.3) is 5.91 Å². The molecule has 2 aliphatic rings. The van der Waals surface area contributed by atoms with Crippen LogP contribution in [0, 0.1) is 0 Å². The second-order valence-corrected chi connectivity index (χ2v) is 10.1. The van der Waals surface area contributed by atoms with Crippen LogP contribution in [0.4, 0.5) is 0 Å². The van der Waals surface area contributed by atoms with Gasteiger partial charge in [0.05, 0.1) is 4.90 Å². The van der Waals surface area contributed by atoms with Crippen LogP contribution in [-0.4, -0.2) is 50.3 Å². The van der Waals surface area contributed by atoms with Crippen LogP contribution < -0.4 is 0 Å². The SMILES string of the molecule is O=C(C1=Cc2ccccc2S1(=O)=O)N1CCN(Cc2ccc(-c3ccccc3)cc2)CC1. The molecule has 0 unspecified atom stereocenters. The predicted octanol–water partition coefficient (Wildman–Crippen LogP) is 3.83. The summed E-state index contributed by atoms with van der Waals surface area (Å²) < 4.78 is 25.6. The zero-order valence-electron chi connectivity index (χ0n) is 17.6. The molecule has 0 spiro atoms. The van der Waals surface area contributed by atoms with E-state index in [-0.39, 0.29) is 9.80 Å². The van der Waals surface area contributed by atoms with E-state index in [2.05, 4.69) is 41.3 Å². The molecule has 0 saturated carbocycles. The van der Waals surface area contributed by atoms with Crippen molar-refractivity contribution in [2.24, 2.45) is 0 Å². The molecule has 3 aromatic carbocycles. The highest BCUT2D eigenvalue weighted by molar-refractivity contribution is 7.96. The van der Waals surface area contributed by atoms with Crippen LogP contribution in [0.5, 0.6) is 0 Å². The highest BCUT2D eigenvalue weighted by atomic mass is 32.2. The van der Waals surface area contributed by atoms with Gasteiger partial charge in [0, 0.05) is 32.7 Å². The van der Waals surface area contributed by atoms with Crippen molar-refractivity contribution in [2.45, 2.75) is 11.4 Å². The maximum Gasteiger partial charge on any atom is 0.265 e. The van der Waals surface area contributed by atoms with Gasteiger partial charge in [0.15, 0.2) is 0 Å². The van der Waals surface area contributed by atoms with Crippen molar-refractivity contribution in [1.29, 1.82) is 0 Å². The van der Waals surface area contributed by atoms with Crippen molar-refractivity contribution in [1.82, 2.24) is 9.80 Å². The summed E-state index contributed by atoms with van der Waals surface area (Å²) in [7, 11) is -3.73. The Morgan fingerprint density at radius 3 is 2.06 bits per heavy atom. The van der Waals surface area contributed by atoms with Gasteiger partial charge in [-0.1, -0.05) is 72.8 Å². The third-order valence-electron chi connectivity index (χ3n) is 6.12. The quantitative estimate of drug-likeness (QED) is 0.614. The Bertz CT molecular complexity index is 1270. The Morgan fingerprint density at radius 2 is 1.38 bits per heavy atom. The zero-order valence-corrected chi connectivity index (χ0v) is 18.5. The molecule has 5 rings (SSSR count). The third-order valence-corrected chi connectivity index (χ3v) is 7.94. The fraction of sp³-hybridized carbons (Fsp3) is 0.192. The maximum absolute atomic E-state index is 13.0. The highest BCUT2D eigenvalue weighted by Gasteiger charge is 2.37. The second-order valence-electron chi connectivity index (χ2n) is 8.18. The second kappa shape index (κ2) is 8.37. The molecule has 0 aromatic heterocycles.